The molecule has 1 rings (SSSR count). The predicted octanol–water partition coefficient (Wildman–Crippen LogP) is -0.730. The van der Waals surface area contributed by atoms with Crippen molar-refractivity contribution in [2.45, 2.75) is 12.2 Å². The van der Waals surface area contributed by atoms with E-state index in [1.54, 1.807) is 0 Å². The van der Waals surface area contributed by atoms with E-state index in [0.29, 0.717) is 0 Å². The normalized spacial score (nSPS) is 37.1. The fourth-order valence-electron chi connectivity index (χ4n) is 0.395. The van der Waals surface area contributed by atoms with Crippen LogP contribution in [0.25, 0.3) is 0 Å². The third kappa shape index (κ3) is 0.710. The van der Waals surface area contributed by atoms with Crippen molar-refractivity contribution in [2.24, 2.45) is 0 Å². The Morgan fingerprint density at radius 2 is 2.57 bits per heavy atom. The van der Waals surface area contributed by atoms with Gasteiger partial charge < -0.3 is 9.84 Å². The smallest absolute Gasteiger partial charge is 0.172 e. The summed E-state index contributed by atoms with van der Waals surface area (Å²) in [6, 6.07) is 1.86. The molecule has 0 spiro atoms. The SMILES string of the molecule is N#C[C@@H]1O[C@@H]1CO. The summed E-state index contributed by atoms with van der Waals surface area (Å²) in [5, 5.41) is 16.3. The number of nitrogens with zero attached hydrogens (tertiary/aromatic N) is 1. The van der Waals surface area contributed by atoms with E-state index in [9.17, 15) is 0 Å². The minimum absolute atomic E-state index is 0.0295. The number of nitriles is 1. The lowest BCUT2D eigenvalue weighted by molar-refractivity contribution is 0.243. The Labute approximate surface area is 41.1 Å². The Kier molecular flexibility index (Phi) is 0.970. The molecule has 3 nitrogen and oxygen atoms in total. The quantitative estimate of drug-likeness (QED) is 0.441. The van der Waals surface area contributed by atoms with Crippen LogP contribution in [0.2, 0.25) is 0 Å². The molecule has 7 heavy (non-hydrogen) atoms. The van der Waals surface area contributed by atoms with Gasteiger partial charge in [0.2, 0.25) is 0 Å². The van der Waals surface area contributed by atoms with E-state index >= 15 is 0 Å². The zero-order valence-electron chi connectivity index (χ0n) is 3.66. The highest BCUT2D eigenvalue weighted by Gasteiger charge is 2.37. The number of rotatable bonds is 1. The maximum atomic E-state index is 8.23. The molecule has 2 atom stereocenters. The van der Waals surface area contributed by atoms with E-state index in [-0.39, 0.29) is 18.8 Å². The van der Waals surface area contributed by atoms with Crippen molar-refractivity contribution in [2.75, 3.05) is 6.61 Å². The number of aliphatic hydroxyl groups excluding tert-OH is 1. The van der Waals surface area contributed by atoms with Gasteiger partial charge >= 0.3 is 0 Å². The van der Waals surface area contributed by atoms with Crippen molar-refractivity contribution < 1.29 is 9.84 Å². The first-order chi connectivity index (χ1) is 3.38. The van der Waals surface area contributed by atoms with Crippen LogP contribution in [0.4, 0.5) is 0 Å². The van der Waals surface area contributed by atoms with E-state index in [2.05, 4.69) is 4.74 Å². The lowest BCUT2D eigenvalue weighted by Gasteiger charge is -1.71. The molecule has 0 aromatic carbocycles. The van der Waals surface area contributed by atoms with Crippen LogP contribution in [0.5, 0.6) is 0 Å². The number of epoxide rings is 1. The third-order valence-corrected chi connectivity index (χ3v) is 0.890. The molecule has 1 aliphatic rings. The Morgan fingerprint density at radius 1 is 1.86 bits per heavy atom. The predicted molar refractivity (Wildman–Crippen MR) is 21.4 cm³/mol. The first kappa shape index (κ1) is 4.57. The van der Waals surface area contributed by atoms with Crippen molar-refractivity contribution >= 4 is 0 Å². The number of aliphatic hydroxyl groups is 1. The Morgan fingerprint density at radius 3 is 2.71 bits per heavy atom. The van der Waals surface area contributed by atoms with Gasteiger partial charge in [0, 0.05) is 0 Å². The van der Waals surface area contributed by atoms with E-state index in [0.717, 1.165) is 0 Å². The van der Waals surface area contributed by atoms with Crippen LogP contribution in [-0.4, -0.2) is 23.9 Å². The number of ether oxygens (including phenoxy) is 1. The van der Waals surface area contributed by atoms with Crippen LogP contribution in [0.15, 0.2) is 0 Å². The number of hydrogen-bond donors (Lipinski definition) is 1. The summed E-state index contributed by atoms with van der Waals surface area (Å²) in [4.78, 5) is 0. The summed E-state index contributed by atoms with van der Waals surface area (Å²) in [7, 11) is 0. The van der Waals surface area contributed by atoms with Gasteiger partial charge in [-0.3, -0.25) is 0 Å². The van der Waals surface area contributed by atoms with Gasteiger partial charge in [0.05, 0.1) is 12.7 Å². The molecule has 1 fully saturated rings. The largest absolute Gasteiger partial charge is 0.394 e. The second kappa shape index (κ2) is 1.49. The van der Waals surface area contributed by atoms with Crippen molar-refractivity contribution in [1.29, 1.82) is 5.26 Å². The summed E-state index contributed by atoms with van der Waals surface area (Å²) >= 11 is 0. The minimum Gasteiger partial charge on any atom is -0.394 e. The van der Waals surface area contributed by atoms with Gasteiger partial charge in [-0.25, -0.2) is 0 Å². The zero-order valence-corrected chi connectivity index (χ0v) is 3.66. The molecule has 0 amide bonds. The van der Waals surface area contributed by atoms with Gasteiger partial charge in [-0.2, -0.15) is 5.26 Å². The maximum absolute atomic E-state index is 8.23. The van der Waals surface area contributed by atoms with Gasteiger partial charge in [-0.05, 0) is 0 Å². The van der Waals surface area contributed by atoms with Gasteiger partial charge in [-0.1, -0.05) is 0 Å². The second-order valence-corrected chi connectivity index (χ2v) is 1.41. The molecule has 1 N–H and O–H groups in total. The van der Waals surface area contributed by atoms with Crippen molar-refractivity contribution in [3.8, 4) is 6.07 Å². The topological polar surface area (TPSA) is 56.5 Å². The summed E-state index contributed by atoms with van der Waals surface area (Å²) in [5.74, 6) is 0. The van der Waals surface area contributed by atoms with Crippen LogP contribution in [-0.2, 0) is 4.74 Å². The van der Waals surface area contributed by atoms with E-state index in [1.165, 1.54) is 0 Å². The molecule has 1 heterocycles. The molecular formula is C4H5NO2. The van der Waals surface area contributed by atoms with Crippen LogP contribution in [0, 0.1) is 11.3 Å². The lowest BCUT2D eigenvalue weighted by Crippen LogP contribution is -1.95. The van der Waals surface area contributed by atoms with Crippen LogP contribution < -0.4 is 0 Å². The van der Waals surface area contributed by atoms with Crippen molar-refractivity contribution in [1.82, 2.24) is 0 Å². The lowest BCUT2D eigenvalue weighted by atomic mass is 10.4. The monoisotopic (exact) mass is 99.0 g/mol. The van der Waals surface area contributed by atoms with E-state index in [1.807, 2.05) is 6.07 Å². The molecule has 1 saturated heterocycles. The van der Waals surface area contributed by atoms with E-state index < -0.39 is 0 Å². The highest BCUT2D eigenvalue weighted by molar-refractivity contribution is 5.01. The molecule has 0 unspecified atom stereocenters. The Balaban J connectivity index is 2.21. The molecule has 0 bridgehead atoms. The Bertz CT molecular complexity index is 107. The average molecular weight is 99.1 g/mol. The first-order valence-electron chi connectivity index (χ1n) is 2.04. The van der Waals surface area contributed by atoms with Crippen molar-refractivity contribution in [3.63, 3.8) is 0 Å². The van der Waals surface area contributed by atoms with Crippen LogP contribution >= 0.6 is 0 Å². The van der Waals surface area contributed by atoms with Gasteiger partial charge in [0.25, 0.3) is 0 Å². The maximum Gasteiger partial charge on any atom is 0.172 e. The average Bonchev–Trinajstić information content (AvgIpc) is 2.43. The molecule has 0 aromatic rings. The molecule has 38 valence electrons. The minimum atomic E-state index is -0.329. The summed E-state index contributed by atoms with van der Waals surface area (Å²) in [6.07, 6.45) is -0.519. The molecule has 3 heteroatoms. The Hall–Kier alpha value is -0.590. The molecule has 0 saturated carbocycles. The first-order valence-corrected chi connectivity index (χ1v) is 2.04. The summed E-state index contributed by atoms with van der Waals surface area (Å²) in [6.45, 7) is -0.0295. The fraction of sp³-hybridized carbons (Fsp3) is 0.750. The number of hydrogen-bond acceptors (Lipinski definition) is 3. The molecule has 0 aliphatic carbocycles. The highest BCUT2D eigenvalue weighted by Crippen LogP contribution is 2.18. The standard InChI is InChI=1S/C4H5NO2/c5-1-3-4(2-6)7-3/h3-4,6H,2H2/t3-,4+/m0/s1. The van der Waals surface area contributed by atoms with Gasteiger partial charge in [-0.15, -0.1) is 0 Å². The second-order valence-electron chi connectivity index (χ2n) is 1.41. The van der Waals surface area contributed by atoms with Gasteiger partial charge in [0.15, 0.2) is 6.10 Å². The fourth-order valence-corrected chi connectivity index (χ4v) is 0.395. The van der Waals surface area contributed by atoms with Crippen molar-refractivity contribution in [3.05, 3.63) is 0 Å². The molecule has 0 aromatic heterocycles. The molecular weight excluding hydrogens is 94.0 g/mol. The van der Waals surface area contributed by atoms with Gasteiger partial charge in [0.1, 0.15) is 6.10 Å². The summed E-state index contributed by atoms with van der Waals surface area (Å²) in [5.41, 5.74) is 0. The molecule has 0 radical (unpaired) electrons. The zero-order chi connectivity index (χ0) is 5.28. The highest BCUT2D eigenvalue weighted by atomic mass is 16.6. The van der Waals surface area contributed by atoms with Crippen LogP contribution in [0.1, 0.15) is 0 Å². The van der Waals surface area contributed by atoms with Crippen LogP contribution in [0.3, 0.4) is 0 Å². The summed E-state index contributed by atoms with van der Waals surface area (Å²) < 4.78 is 4.60. The van der Waals surface area contributed by atoms with E-state index in [4.69, 9.17) is 10.4 Å². The molecule has 1 aliphatic heterocycles. The third-order valence-electron chi connectivity index (χ3n) is 0.890.